The molecule has 2 N–H and O–H groups in total. The molecule has 1 aliphatic rings. The molecule has 0 saturated heterocycles. The molecule has 190 valence electrons. The Morgan fingerprint density at radius 3 is 2.58 bits per heavy atom. The minimum absolute atomic E-state index is 0.0157. The van der Waals surface area contributed by atoms with E-state index in [2.05, 4.69) is 10.6 Å². The molecule has 4 rings (SSSR count). The number of anilines is 1. The highest BCUT2D eigenvalue weighted by atomic mass is 35.5. The van der Waals surface area contributed by atoms with Crippen molar-refractivity contribution in [2.24, 2.45) is 12.5 Å². The summed E-state index contributed by atoms with van der Waals surface area (Å²) in [6.45, 7) is 7.74. The first-order valence-electron chi connectivity index (χ1n) is 11.9. The second-order valence-electron chi connectivity index (χ2n) is 10.1. The number of hydrogen-bond acceptors (Lipinski definition) is 4. The van der Waals surface area contributed by atoms with Crippen LogP contribution in [0.25, 0.3) is 5.69 Å². The third kappa shape index (κ3) is 5.18. The summed E-state index contributed by atoms with van der Waals surface area (Å²) in [6.07, 6.45) is 0.790. The van der Waals surface area contributed by atoms with E-state index in [0.717, 1.165) is 5.56 Å². The smallest absolute Gasteiger partial charge is 0.295 e. The standard InChI is InChI=1S/C27H31ClN4O4/c1-16-11-18-12-19(28)13-21(24(18)36-16)25(34)29-15-27(3,4)14-22(33)30-23-17(2)31(5)32(26(23)35)20-9-7-6-8-10-20/h6-10,12-13,16H,11,14-15H2,1-5H3,(H,29,34)(H,30,33). The third-order valence-electron chi connectivity index (χ3n) is 6.39. The first kappa shape index (κ1) is 25.6. The minimum Gasteiger partial charge on any atom is -0.489 e. The molecule has 0 aliphatic carbocycles. The molecule has 36 heavy (non-hydrogen) atoms. The van der Waals surface area contributed by atoms with Gasteiger partial charge >= 0.3 is 0 Å². The van der Waals surface area contributed by atoms with Crippen molar-refractivity contribution in [3.05, 3.63) is 74.7 Å². The van der Waals surface area contributed by atoms with E-state index >= 15 is 0 Å². The first-order valence-corrected chi connectivity index (χ1v) is 12.3. The lowest BCUT2D eigenvalue weighted by Crippen LogP contribution is -2.36. The van der Waals surface area contributed by atoms with Gasteiger partial charge in [-0.2, -0.15) is 0 Å². The molecule has 1 atom stereocenters. The number of hydrogen-bond donors (Lipinski definition) is 2. The van der Waals surface area contributed by atoms with Crippen LogP contribution >= 0.6 is 11.6 Å². The van der Waals surface area contributed by atoms with Gasteiger partial charge in [-0.05, 0) is 43.5 Å². The number of benzene rings is 2. The zero-order valence-electron chi connectivity index (χ0n) is 21.1. The zero-order valence-corrected chi connectivity index (χ0v) is 21.9. The summed E-state index contributed by atoms with van der Waals surface area (Å²) in [5.41, 5.74) is 2.03. The van der Waals surface area contributed by atoms with Crippen molar-refractivity contribution >= 4 is 29.1 Å². The lowest BCUT2D eigenvalue weighted by molar-refractivity contribution is -0.118. The summed E-state index contributed by atoms with van der Waals surface area (Å²) in [5.74, 6) is -0.0451. The molecule has 1 aliphatic heterocycles. The first-order chi connectivity index (χ1) is 17.0. The maximum absolute atomic E-state index is 13.1. The average molecular weight is 511 g/mol. The molecule has 3 aromatic rings. The number of carbonyl (C=O) groups excluding carboxylic acids is 2. The van der Waals surface area contributed by atoms with E-state index in [9.17, 15) is 14.4 Å². The van der Waals surface area contributed by atoms with Gasteiger partial charge in [0.2, 0.25) is 5.91 Å². The molecule has 0 radical (unpaired) electrons. The minimum atomic E-state index is -0.573. The van der Waals surface area contributed by atoms with E-state index < -0.39 is 5.41 Å². The Kier molecular flexibility index (Phi) is 7.00. The maximum atomic E-state index is 13.1. The molecule has 2 aromatic carbocycles. The van der Waals surface area contributed by atoms with Gasteiger partial charge in [-0.1, -0.05) is 43.6 Å². The van der Waals surface area contributed by atoms with Gasteiger partial charge in [0.25, 0.3) is 11.5 Å². The topological polar surface area (TPSA) is 94.4 Å². The molecule has 1 aromatic heterocycles. The van der Waals surface area contributed by atoms with E-state index in [1.54, 1.807) is 24.7 Å². The Morgan fingerprint density at radius 2 is 1.89 bits per heavy atom. The summed E-state index contributed by atoms with van der Waals surface area (Å²) < 4.78 is 9.06. The van der Waals surface area contributed by atoms with Crippen LogP contribution in [-0.2, 0) is 18.3 Å². The van der Waals surface area contributed by atoms with Crippen LogP contribution in [0.5, 0.6) is 5.75 Å². The second kappa shape index (κ2) is 9.85. The number of halogens is 1. The fraction of sp³-hybridized carbons (Fsp3) is 0.370. The second-order valence-corrected chi connectivity index (χ2v) is 10.5. The number of ether oxygens (including phenoxy) is 1. The Labute approximate surface area is 215 Å². The number of para-hydroxylation sites is 1. The van der Waals surface area contributed by atoms with Gasteiger partial charge in [-0.15, -0.1) is 0 Å². The quantitative estimate of drug-likeness (QED) is 0.497. The Hall–Kier alpha value is -3.52. The molecule has 1 unspecified atom stereocenters. The van der Waals surface area contributed by atoms with Gasteiger partial charge in [-0.25, -0.2) is 4.68 Å². The Morgan fingerprint density at radius 1 is 1.19 bits per heavy atom. The van der Waals surface area contributed by atoms with Crippen LogP contribution in [0.2, 0.25) is 5.02 Å². The molecular formula is C27H31ClN4O4. The molecule has 2 amide bonds. The summed E-state index contributed by atoms with van der Waals surface area (Å²) in [7, 11) is 1.77. The van der Waals surface area contributed by atoms with Crippen molar-refractivity contribution in [2.75, 3.05) is 11.9 Å². The Bertz CT molecular complexity index is 1370. The highest BCUT2D eigenvalue weighted by Crippen LogP contribution is 2.35. The van der Waals surface area contributed by atoms with E-state index in [4.69, 9.17) is 16.3 Å². The molecule has 8 nitrogen and oxygen atoms in total. The fourth-order valence-electron chi connectivity index (χ4n) is 4.47. The van der Waals surface area contributed by atoms with Crippen molar-refractivity contribution in [1.82, 2.24) is 14.7 Å². The molecule has 0 spiro atoms. The van der Waals surface area contributed by atoms with Crippen LogP contribution in [-0.4, -0.2) is 33.8 Å². The largest absolute Gasteiger partial charge is 0.489 e. The molecular weight excluding hydrogens is 480 g/mol. The normalized spacial score (nSPS) is 14.8. The number of aromatic nitrogens is 2. The van der Waals surface area contributed by atoms with Gasteiger partial charge in [-0.3, -0.25) is 19.1 Å². The van der Waals surface area contributed by atoms with E-state index in [-0.39, 0.29) is 42.1 Å². The summed E-state index contributed by atoms with van der Waals surface area (Å²) in [5, 5.41) is 6.18. The summed E-state index contributed by atoms with van der Waals surface area (Å²) in [6, 6.07) is 12.7. The fourth-order valence-corrected chi connectivity index (χ4v) is 4.71. The van der Waals surface area contributed by atoms with Crippen molar-refractivity contribution in [3.63, 3.8) is 0 Å². The van der Waals surface area contributed by atoms with Crippen LogP contribution in [0.15, 0.2) is 47.3 Å². The molecule has 2 heterocycles. The van der Waals surface area contributed by atoms with Crippen LogP contribution in [0.4, 0.5) is 5.69 Å². The predicted molar refractivity (Wildman–Crippen MR) is 140 cm³/mol. The lowest BCUT2D eigenvalue weighted by Gasteiger charge is -2.24. The van der Waals surface area contributed by atoms with Crippen molar-refractivity contribution in [1.29, 1.82) is 0 Å². The van der Waals surface area contributed by atoms with Crippen molar-refractivity contribution < 1.29 is 14.3 Å². The van der Waals surface area contributed by atoms with E-state index in [1.165, 1.54) is 4.68 Å². The van der Waals surface area contributed by atoms with Gasteiger partial charge < -0.3 is 15.4 Å². The van der Waals surface area contributed by atoms with Gasteiger partial charge in [0, 0.05) is 37.0 Å². The highest BCUT2D eigenvalue weighted by Gasteiger charge is 2.29. The van der Waals surface area contributed by atoms with Crippen molar-refractivity contribution in [3.8, 4) is 11.4 Å². The number of amides is 2. The maximum Gasteiger partial charge on any atom is 0.295 e. The van der Waals surface area contributed by atoms with Crippen LogP contribution in [0.1, 0.15) is 48.8 Å². The monoisotopic (exact) mass is 510 g/mol. The molecule has 0 saturated carbocycles. The SMILES string of the molecule is Cc1c(NC(=O)CC(C)(C)CNC(=O)c2cc(Cl)cc3c2OC(C)C3)c(=O)n(-c2ccccc2)n1C. The number of carbonyl (C=O) groups is 2. The molecule has 0 fully saturated rings. The summed E-state index contributed by atoms with van der Waals surface area (Å²) in [4.78, 5) is 38.9. The number of rotatable bonds is 7. The Balaban J connectivity index is 1.43. The van der Waals surface area contributed by atoms with Crippen LogP contribution < -0.4 is 20.9 Å². The highest BCUT2D eigenvalue weighted by molar-refractivity contribution is 6.31. The third-order valence-corrected chi connectivity index (χ3v) is 6.61. The lowest BCUT2D eigenvalue weighted by atomic mass is 9.88. The van der Waals surface area contributed by atoms with Gasteiger partial charge in [0.05, 0.1) is 16.9 Å². The number of nitrogens with one attached hydrogen (secondary N) is 2. The number of nitrogens with zero attached hydrogens (tertiary/aromatic N) is 2. The zero-order chi connectivity index (χ0) is 26.2. The predicted octanol–water partition coefficient (Wildman–Crippen LogP) is 4.25. The molecule has 9 heteroatoms. The van der Waals surface area contributed by atoms with Gasteiger partial charge in [0.15, 0.2) is 0 Å². The van der Waals surface area contributed by atoms with Gasteiger partial charge in [0.1, 0.15) is 17.5 Å². The van der Waals surface area contributed by atoms with Crippen molar-refractivity contribution in [2.45, 2.75) is 46.6 Å². The summed E-state index contributed by atoms with van der Waals surface area (Å²) >= 11 is 6.22. The van der Waals surface area contributed by atoms with E-state index in [1.807, 2.05) is 57.2 Å². The number of fused-ring (bicyclic) bond motifs is 1. The average Bonchev–Trinajstić information content (AvgIpc) is 3.28. The molecule has 0 bridgehead atoms. The van der Waals surface area contributed by atoms with E-state index in [0.29, 0.717) is 34.1 Å². The van der Waals surface area contributed by atoms with Crippen LogP contribution in [0, 0.1) is 12.3 Å². The van der Waals surface area contributed by atoms with Crippen LogP contribution in [0.3, 0.4) is 0 Å².